The average Bonchev–Trinajstić information content (AvgIpc) is 2.91. The molecule has 21 heteroatoms. The molecule has 0 aromatic rings. The van der Waals surface area contributed by atoms with Gasteiger partial charge in [0, 0.05) is 25.0 Å². The first-order valence-electron chi connectivity index (χ1n) is 12.7. The lowest BCUT2D eigenvalue weighted by atomic mass is 10.1. The van der Waals surface area contributed by atoms with Crippen LogP contribution in [0.3, 0.4) is 0 Å². The highest BCUT2D eigenvalue weighted by molar-refractivity contribution is 8.76. The summed E-state index contributed by atoms with van der Waals surface area (Å²) in [5, 5.41) is 23.2. The van der Waals surface area contributed by atoms with Crippen LogP contribution < -0.4 is 49.1 Å². The molecule has 1 saturated heterocycles. The molecule has 7 amide bonds. The fourth-order valence-corrected chi connectivity index (χ4v) is 5.70. The Kier molecular flexibility index (Phi) is 16.3. The summed E-state index contributed by atoms with van der Waals surface area (Å²) < 4.78 is 0. The van der Waals surface area contributed by atoms with Crippen LogP contribution in [-0.2, 0) is 38.4 Å². The third-order valence-electron chi connectivity index (χ3n) is 5.38. The first-order valence-corrected chi connectivity index (χ1v) is 15.2. The van der Waals surface area contributed by atoms with Crippen LogP contribution in [0.1, 0.15) is 26.2 Å². The number of amides is 7. The Labute approximate surface area is 253 Å². The smallest absolute Gasteiger partial charge is 0.305 e. The second kappa shape index (κ2) is 19.0. The fraction of sp³-hybridized carbons (Fsp3) is 0.591. The predicted molar refractivity (Wildman–Crippen MR) is 156 cm³/mol. The maximum absolute atomic E-state index is 12.8. The van der Waals surface area contributed by atoms with Gasteiger partial charge in [-0.2, -0.15) is 0 Å². The van der Waals surface area contributed by atoms with E-state index in [1.54, 1.807) is 0 Å². The Hall–Kier alpha value is -4.27. The van der Waals surface area contributed by atoms with Crippen LogP contribution in [0, 0.1) is 0 Å². The van der Waals surface area contributed by atoms with E-state index in [9.17, 15) is 43.5 Å². The molecule has 13 N–H and O–H groups in total. The summed E-state index contributed by atoms with van der Waals surface area (Å²) in [6, 6.07) is -5.22. The normalized spacial score (nSPS) is 23.2. The van der Waals surface area contributed by atoms with Crippen LogP contribution in [0.2, 0.25) is 0 Å². The standard InChI is InChI=1S/C22H36N10O9S2/c1-10(33)29-14-9-43-42-8-13(18(23)38)32-21(41)12(5-17(36)37)31-16(35)7-27-19(39)11(3-2-4-26-22(24)25)30-15(34)6-28-20(14)40/h11-14H,2-9H2,1H3,(H2,23,38)(H,27,39)(H,28,40)(H,29,33)(H,30,34)(H,31,35)(H,32,41)(H,36,37)(H4,24,25,26)/t11-,12-,13-,14+/m0/s1. The van der Waals surface area contributed by atoms with Gasteiger partial charge >= 0.3 is 5.97 Å². The van der Waals surface area contributed by atoms with Crippen molar-refractivity contribution >= 4 is 74.9 Å². The van der Waals surface area contributed by atoms with Gasteiger partial charge in [-0.3, -0.25) is 43.3 Å². The van der Waals surface area contributed by atoms with Crippen molar-refractivity contribution in [3.63, 3.8) is 0 Å². The minimum atomic E-state index is -1.63. The first kappa shape index (κ1) is 36.8. The van der Waals surface area contributed by atoms with E-state index in [0.29, 0.717) is 0 Å². The van der Waals surface area contributed by atoms with E-state index >= 15 is 0 Å². The molecule has 1 aliphatic heterocycles. The number of nitrogens with zero attached hydrogens (tertiary/aromatic N) is 1. The number of carboxylic acid groups (broad SMARTS) is 1. The van der Waals surface area contributed by atoms with Gasteiger partial charge in [0.25, 0.3) is 0 Å². The highest BCUT2D eigenvalue weighted by atomic mass is 33.1. The number of carbonyl (C=O) groups excluding carboxylic acids is 7. The van der Waals surface area contributed by atoms with Crippen molar-refractivity contribution in [2.24, 2.45) is 22.2 Å². The van der Waals surface area contributed by atoms with Gasteiger partial charge in [0.15, 0.2) is 5.96 Å². The van der Waals surface area contributed by atoms with Gasteiger partial charge in [0.05, 0.1) is 19.5 Å². The molecule has 0 unspecified atom stereocenters. The Balaban J connectivity index is 3.22. The highest BCUT2D eigenvalue weighted by Gasteiger charge is 2.29. The van der Waals surface area contributed by atoms with Gasteiger partial charge in [0.2, 0.25) is 41.4 Å². The van der Waals surface area contributed by atoms with Crippen molar-refractivity contribution in [3.8, 4) is 0 Å². The van der Waals surface area contributed by atoms with Gasteiger partial charge in [-0.05, 0) is 12.8 Å². The van der Waals surface area contributed by atoms with E-state index in [0.717, 1.165) is 21.6 Å². The maximum atomic E-state index is 12.8. The summed E-state index contributed by atoms with van der Waals surface area (Å²) in [6.45, 7) is 0.0395. The molecule has 0 saturated carbocycles. The van der Waals surface area contributed by atoms with E-state index in [1.165, 1.54) is 6.92 Å². The highest BCUT2D eigenvalue weighted by Crippen LogP contribution is 2.23. The quantitative estimate of drug-likeness (QED) is 0.0509. The Morgan fingerprint density at radius 2 is 1.47 bits per heavy atom. The second-order valence-corrected chi connectivity index (χ2v) is 11.6. The number of hydrogen-bond acceptors (Lipinski definition) is 11. The van der Waals surface area contributed by atoms with E-state index in [1.807, 2.05) is 0 Å². The SMILES string of the molecule is CC(=O)N[C@@H]1CSSC[C@@H](C(N)=O)NC(=O)[C@H](CC(=O)O)NC(=O)CNC(=O)[C@H](CCCN=C(N)N)NC(=O)CNC1=O. The van der Waals surface area contributed by atoms with Gasteiger partial charge in [-0.15, -0.1) is 0 Å². The van der Waals surface area contributed by atoms with E-state index in [-0.39, 0.29) is 36.9 Å². The topological polar surface area (TPSA) is 319 Å². The number of carboxylic acids is 1. The molecule has 0 aromatic carbocycles. The van der Waals surface area contributed by atoms with Crippen molar-refractivity contribution in [1.82, 2.24) is 31.9 Å². The van der Waals surface area contributed by atoms with Crippen molar-refractivity contribution in [2.45, 2.75) is 50.4 Å². The number of nitrogens with two attached hydrogens (primary N) is 3. The number of primary amides is 1. The molecule has 19 nitrogen and oxygen atoms in total. The zero-order valence-electron chi connectivity index (χ0n) is 23.2. The van der Waals surface area contributed by atoms with E-state index in [4.69, 9.17) is 17.2 Å². The average molecular weight is 649 g/mol. The molecule has 0 aliphatic carbocycles. The molecule has 4 atom stereocenters. The van der Waals surface area contributed by atoms with Crippen LogP contribution >= 0.6 is 21.6 Å². The summed E-state index contributed by atoms with van der Waals surface area (Å²) in [5.74, 6) is -7.50. The van der Waals surface area contributed by atoms with Gasteiger partial charge in [-0.1, -0.05) is 21.6 Å². The van der Waals surface area contributed by atoms with Gasteiger partial charge in [-0.25, -0.2) is 0 Å². The zero-order valence-corrected chi connectivity index (χ0v) is 24.8. The molecule has 1 rings (SSSR count). The molecule has 0 bridgehead atoms. The molecule has 240 valence electrons. The lowest BCUT2D eigenvalue weighted by Crippen LogP contribution is -2.56. The third kappa shape index (κ3) is 15.5. The summed E-state index contributed by atoms with van der Waals surface area (Å²) in [7, 11) is 2.06. The number of hydrogen-bond donors (Lipinski definition) is 10. The Morgan fingerprint density at radius 1 is 0.884 bits per heavy atom. The number of aliphatic imine (C=N–C) groups is 1. The fourth-order valence-electron chi connectivity index (χ4n) is 3.36. The molecule has 1 fully saturated rings. The predicted octanol–water partition coefficient (Wildman–Crippen LogP) is -5.41. The lowest BCUT2D eigenvalue weighted by Gasteiger charge is -2.22. The van der Waals surface area contributed by atoms with Crippen LogP contribution in [0.4, 0.5) is 0 Å². The van der Waals surface area contributed by atoms with Crippen LogP contribution in [0.25, 0.3) is 0 Å². The molecular formula is C22H36N10O9S2. The largest absolute Gasteiger partial charge is 0.481 e. The van der Waals surface area contributed by atoms with Crippen molar-refractivity contribution in [1.29, 1.82) is 0 Å². The molecule has 0 radical (unpaired) electrons. The zero-order chi connectivity index (χ0) is 32.5. The van der Waals surface area contributed by atoms with Crippen molar-refractivity contribution < 1.29 is 43.5 Å². The van der Waals surface area contributed by atoms with E-state index < -0.39 is 91.0 Å². The second-order valence-electron chi connectivity index (χ2n) is 9.01. The van der Waals surface area contributed by atoms with Crippen molar-refractivity contribution in [3.05, 3.63) is 0 Å². The third-order valence-corrected chi connectivity index (χ3v) is 7.80. The summed E-state index contributed by atoms with van der Waals surface area (Å²) in [6.07, 6.45) is -0.600. The molecule has 0 aromatic heterocycles. The number of nitrogens with one attached hydrogen (secondary N) is 6. The number of rotatable bonds is 8. The van der Waals surface area contributed by atoms with Crippen molar-refractivity contribution in [2.75, 3.05) is 31.1 Å². The minimum Gasteiger partial charge on any atom is -0.481 e. The molecule has 1 heterocycles. The van der Waals surface area contributed by atoms with Gasteiger partial charge < -0.3 is 54.2 Å². The number of guanidine groups is 1. The first-order chi connectivity index (χ1) is 20.2. The van der Waals surface area contributed by atoms with Crippen LogP contribution in [0.5, 0.6) is 0 Å². The van der Waals surface area contributed by atoms with Gasteiger partial charge in [0.1, 0.15) is 24.2 Å². The number of carbonyl (C=O) groups is 8. The lowest BCUT2D eigenvalue weighted by molar-refractivity contribution is -0.141. The Bertz CT molecular complexity index is 1100. The molecular weight excluding hydrogens is 612 g/mol. The summed E-state index contributed by atoms with van der Waals surface area (Å²) in [4.78, 5) is 102. The summed E-state index contributed by atoms with van der Waals surface area (Å²) >= 11 is 0. The van der Waals surface area contributed by atoms with Crippen LogP contribution in [0.15, 0.2) is 4.99 Å². The Morgan fingerprint density at radius 3 is 2.02 bits per heavy atom. The minimum absolute atomic E-state index is 0.0187. The number of aliphatic carboxylic acids is 1. The van der Waals surface area contributed by atoms with E-state index in [2.05, 4.69) is 36.9 Å². The molecule has 43 heavy (non-hydrogen) atoms. The molecule has 0 spiro atoms. The van der Waals surface area contributed by atoms with Crippen LogP contribution in [-0.4, -0.2) is 114 Å². The summed E-state index contributed by atoms with van der Waals surface area (Å²) in [5.41, 5.74) is 15.9. The monoisotopic (exact) mass is 648 g/mol. The molecule has 1 aliphatic rings. The maximum Gasteiger partial charge on any atom is 0.305 e.